The van der Waals surface area contributed by atoms with E-state index in [0.717, 1.165) is 15.2 Å². The first-order valence-corrected chi connectivity index (χ1v) is 6.48. The molecule has 15 heavy (non-hydrogen) atoms. The van der Waals surface area contributed by atoms with Crippen LogP contribution >= 0.6 is 23.1 Å². The molecule has 5 heteroatoms. The van der Waals surface area contributed by atoms with E-state index in [1.165, 1.54) is 10.4 Å². The average Bonchev–Trinajstić information content (AvgIpc) is 2.53. The largest absolute Gasteiger partial charge is 0.396 e. The van der Waals surface area contributed by atoms with Crippen molar-refractivity contribution in [2.75, 3.05) is 12.4 Å². The summed E-state index contributed by atoms with van der Waals surface area (Å²) in [6, 6.07) is 0. The molecule has 0 bridgehead atoms. The summed E-state index contributed by atoms with van der Waals surface area (Å²) < 4.78 is 0. The van der Waals surface area contributed by atoms with Gasteiger partial charge in [-0.1, -0.05) is 0 Å². The van der Waals surface area contributed by atoms with Crippen molar-refractivity contribution in [2.45, 2.75) is 18.9 Å². The number of thioether (sulfide) groups is 1. The van der Waals surface area contributed by atoms with Crippen LogP contribution < -0.4 is 0 Å². The lowest BCUT2D eigenvalue weighted by atomic mass is 10.2. The number of thiophene rings is 1. The molecule has 80 valence electrons. The SMILES string of the molecule is Cc1sc2ncnc(SCCO)c2c1C. The van der Waals surface area contributed by atoms with Gasteiger partial charge in [0.1, 0.15) is 16.2 Å². The van der Waals surface area contributed by atoms with Crippen molar-refractivity contribution in [1.82, 2.24) is 9.97 Å². The van der Waals surface area contributed by atoms with Gasteiger partial charge >= 0.3 is 0 Å². The molecule has 0 unspecified atom stereocenters. The van der Waals surface area contributed by atoms with Gasteiger partial charge in [0.15, 0.2) is 0 Å². The maximum Gasteiger partial charge on any atom is 0.128 e. The monoisotopic (exact) mass is 240 g/mol. The highest BCUT2D eigenvalue weighted by Crippen LogP contribution is 2.34. The number of hydrogen-bond acceptors (Lipinski definition) is 5. The lowest BCUT2D eigenvalue weighted by Gasteiger charge is -2.00. The normalized spacial score (nSPS) is 11.1. The second-order valence-electron chi connectivity index (χ2n) is 3.21. The summed E-state index contributed by atoms with van der Waals surface area (Å²) in [5, 5.41) is 10.9. The van der Waals surface area contributed by atoms with E-state index in [2.05, 4.69) is 23.8 Å². The van der Waals surface area contributed by atoms with Gasteiger partial charge in [-0.3, -0.25) is 0 Å². The fourth-order valence-electron chi connectivity index (χ4n) is 1.40. The Labute approximate surface area is 96.6 Å². The van der Waals surface area contributed by atoms with Crippen molar-refractivity contribution in [3.05, 3.63) is 16.8 Å². The molecule has 0 aliphatic rings. The Bertz CT molecular complexity index is 481. The number of aryl methyl sites for hydroxylation is 2. The van der Waals surface area contributed by atoms with Crippen LogP contribution in [0.15, 0.2) is 11.4 Å². The zero-order chi connectivity index (χ0) is 10.8. The standard InChI is InChI=1S/C10H12N2OS2/c1-6-7(2)15-10-8(6)9(11-5-12-10)14-4-3-13/h5,13H,3-4H2,1-2H3. The molecule has 2 aromatic heterocycles. The van der Waals surface area contributed by atoms with Crippen molar-refractivity contribution in [3.8, 4) is 0 Å². The van der Waals surface area contributed by atoms with E-state index in [4.69, 9.17) is 5.11 Å². The quantitative estimate of drug-likeness (QED) is 0.661. The van der Waals surface area contributed by atoms with Crippen LogP contribution in [0, 0.1) is 13.8 Å². The van der Waals surface area contributed by atoms with Crippen molar-refractivity contribution in [2.24, 2.45) is 0 Å². The summed E-state index contributed by atoms with van der Waals surface area (Å²) >= 11 is 3.28. The summed E-state index contributed by atoms with van der Waals surface area (Å²) in [6.07, 6.45) is 1.59. The van der Waals surface area contributed by atoms with Gasteiger partial charge in [0.05, 0.1) is 6.61 Å². The zero-order valence-electron chi connectivity index (χ0n) is 8.65. The molecule has 0 atom stereocenters. The minimum Gasteiger partial charge on any atom is -0.396 e. The van der Waals surface area contributed by atoms with E-state index in [1.807, 2.05) is 0 Å². The number of aliphatic hydroxyl groups is 1. The Morgan fingerprint density at radius 3 is 2.93 bits per heavy atom. The highest BCUT2D eigenvalue weighted by molar-refractivity contribution is 7.99. The Morgan fingerprint density at radius 2 is 2.20 bits per heavy atom. The van der Waals surface area contributed by atoms with Gasteiger partial charge in [0.2, 0.25) is 0 Å². The molecule has 0 fully saturated rings. The first-order chi connectivity index (χ1) is 7.24. The molecule has 0 saturated carbocycles. The number of aliphatic hydroxyl groups excluding tert-OH is 1. The topological polar surface area (TPSA) is 46.0 Å². The predicted molar refractivity (Wildman–Crippen MR) is 64.7 cm³/mol. The van der Waals surface area contributed by atoms with Gasteiger partial charge in [-0.2, -0.15) is 0 Å². The van der Waals surface area contributed by atoms with Crippen LogP contribution in [0.5, 0.6) is 0 Å². The first-order valence-electron chi connectivity index (χ1n) is 4.68. The van der Waals surface area contributed by atoms with Crippen LogP contribution in [0.3, 0.4) is 0 Å². The summed E-state index contributed by atoms with van der Waals surface area (Å²) in [7, 11) is 0. The van der Waals surface area contributed by atoms with E-state index in [9.17, 15) is 0 Å². The zero-order valence-corrected chi connectivity index (χ0v) is 10.3. The number of rotatable bonds is 3. The molecule has 0 amide bonds. The summed E-state index contributed by atoms with van der Waals surface area (Å²) in [6.45, 7) is 4.38. The number of nitrogens with zero attached hydrogens (tertiary/aromatic N) is 2. The van der Waals surface area contributed by atoms with Crippen LogP contribution in [0.4, 0.5) is 0 Å². The third-order valence-corrected chi connectivity index (χ3v) is 4.35. The minimum absolute atomic E-state index is 0.179. The number of fused-ring (bicyclic) bond motifs is 1. The molecule has 3 nitrogen and oxygen atoms in total. The molecule has 2 rings (SSSR count). The lowest BCUT2D eigenvalue weighted by Crippen LogP contribution is -1.90. The first kappa shape index (κ1) is 10.9. The van der Waals surface area contributed by atoms with Gasteiger partial charge in [0.25, 0.3) is 0 Å². The molecule has 0 aliphatic carbocycles. The Morgan fingerprint density at radius 1 is 1.40 bits per heavy atom. The second kappa shape index (κ2) is 4.47. The Balaban J connectivity index is 2.53. The van der Waals surface area contributed by atoms with Crippen LogP contribution in [-0.2, 0) is 0 Å². The molecule has 0 saturated heterocycles. The molecule has 0 aromatic carbocycles. The lowest BCUT2D eigenvalue weighted by molar-refractivity contribution is 0.322. The maximum absolute atomic E-state index is 8.81. The van der Waals surface area contributed by atoms with Gasteiger partial charge in [-0.15, -0.1) is 23.1 Å². The highest BCUT2D eigenvalue weighted by Gasteiger charge is 2.11. The number of aromatic nitrogens is 2. The van der Waals surface area contributed by atoms with Crippen LogP contribution in [0.1, 0.15) is 10.4 Å². The van der Waals surface area contributed by atoms with Crippen LogP contribution in [-0.4, -0.2) is 27.4 Å². The van der Waals surface area contributed by atoms with Gasteiger partial charge in [-0.05, 0) is 19.4 Å². The molecule has 2 heterocycles. The Hall–Kier alpha value is -0.650. The molecule has 0 spiro atoms. The van der Waals surface area contributed by atoms with E-state index >= 15 is 0 Å². The molecular weight excluding hydrogens is 228 g/mol. The molecule has 0 aliphatic heterocycles. The van der Waals surface area contributed by atoms with Gasteiger partial charge in [-0.25, -0.2) is 9.97 Å². The van der Waals surface area contributed by atoms with Crippen LogP contribution in [0.25, 0.3) is 10.2 Å². The van der Waals surface area contributed by atoms with E-state index in [1.54, 1.807) is 29.4 Å². The third-order valence-electron chi connectivity index (χ3n) is 2.26. The highest BCUT2D eigenvalue weighted by atomic mass is 32.2. The van der Waals surface area contributed by atoms with Crippen molar-refractivity contribution in [1.29, 1.82) is 0 Å². The molecule has 0 radical (unpaired) electrons. The summed E-state index contributed by atoms with van der Waals surface area (Å²) in [5.74, 6) is 0.681. The third kappa shape index (κ3) is 2.00. The smallest absolute Gasteiger partial charge is 0.128 e. The Kier molecular flexibility index (Phi) is 3.23. The molecule has 1 N–H and O–H groups in total. The summed E-state index contributed by atoms with van der Waals surface area (Å²) in [5.41, 5.74) is 1.26. The maximum atomic E-state index is 8.81. The van der Waals surface area contributed by atoms with Crippen molar-refractivity contribution >= 4 is 33.3 Å². The fourth-order valence-corrected chi connectivity index (χ4v) is 3.26. The minimum atomic E-state index is 0.179. The molecule has 2 aromatic rings. The van der Waals surface area contributed by atoms with Gasteiger partial charge < -0.3 is 5.11 Å². The number of hydrogen-bond donors (Lipinski definition) is 1. The van der Waals surface area contributed by atoms with Crippen LogP contribution in [0.2, 0.25) is 0 Å². The van der Waals surface area contributed by atoms with Crippen molar-refractivity contribution in [3.63, 3.8) is 0 Å². The molecular formula is C10H12N2OS2. The van der Waals surface area contributed by atoms with E-state index in [-0.39, 0.29) is 6.61 Å². The average molecular weight is 240 g/mol. The summed E-state index contributed by atoms with van der Waals surface area (Å²) in [4.78, 5) is 10.9. The fraction of sp³-hybridized carbons (Fsp3) is 0.400. The predicted octanol–water partition coefficient (Wildman–Crippen LogP) is 2.39. The van der Waals surface area contributed by atoms with Crippen molar-refractivity contribution < 1.29 is 5.11 Å². The van der Waals surface area contributed by atoms with E-state index in [0.29, 0.717) is 5.75 Å². The van der Waals surface area contributed by atoms with Gasteiger partial charge in [0, 0.05) is 16.0 Å². The second-order valence-corrected chi connectivity index (χ2v) is 5.50. The van der Waals surface area contributed by atoms with E-state index < -0.39 is 0 Å².